The minimum atomic E-state index is -4.49. The number of anilines is 2. The van der Waals surface area contributed by atoms with Crippen molar-refractivity contribution in [3.63, 3.8) is 0 Å². The normalized spacial score (nSPS) is 17.0. The van der Waals surface area contributed by atoms with Gasteiger partial charge in [0.1, 0.15) is 22.2 Å². The summed E-state index contributed by atoms with van der Waals surface area (Å²) in [4.78, 5) is 25.9. The summed E-state index contributed by atoms with van der Waals surface area (Å²) in [7, 11) is 1.32. The number of nitrogens with zero attached hydrogens (tertiary/aromatic N) is 3. The number of nitrogens with one attached hydrogen (secondary N) is 1. The maximum absolute atomic E-state index is 13.1. The number of aromatic nitrogens is 3. The lowest BCUT2D eigenvalue weighted by molar-refractivity contribution is -0.137. The average molecular weight is 619 g/mol. The minimum absolute atomic E-state index is 0.0175. The van der Waals surface area contributed by atoms with Crippen LogP contribution in [0.1, 0.15) is 50.5 Å². The third-order valence-electron chi connectivity index (χ3n) is 6.48. The highest BCUT2D eigenvalue weighted by atomic mass is 79.9. The predicted octanol–water partition coefficient (Wildman–Crippen LogP) is 6.79. The van der Waals surface area contributed by atoms with E-state index in [1.54, 1.807) is 24.4 Å². The molecule has 0 radical (unpaired) electrons. The van der Waals surface area contributed by atoms with Gasteiger partial charge in [0.25, 0.3) is 0 Å². The van der Waals surface area contributed by atoms with Crippen molar-refractivity contribution in [2.45, 2.75) is 38.0 Å². The molecule has 39 heavy (non-hydrogen) atoms. The zero-order chi connectivity index (χ0) is 27.9. The number of rotatable bonds is 5. The standard InChI is InChI=1S/C27H22BrF3N4O3S/c1-14-10-19(34-22(11-14)35-21-12-15(7-9-32-21)27(29,30)31)20-13-33-25(39-20)26(37)8-3-4-16-18(26)6-5-17(23(16)28)24(36)38-2/h5-7,9-13,37H,3-4,8H2,1-2H3,(H,32,34,35). The molecule has 1 aliphatic carbocycles. The summed E-state index contributed by atoms with van der Waals surface area (Å²) in [6.45, 7) is 1.85. The number of carbonyl (C=O) groups excluding carboxylic acids is 1. The van der Waals surface area contributed by atoms with Gasteiger partial charge in [0, 0.05) is 16.9 Å². The zero-order valence-electron chi connectivity index (χ0n) is 20.8. The van der Waals surface area contributed by atoms with Gasteiger partial charge in [0.05, 0.1) is 28.8 Å². The maximum Gasteiger partial charge on any atom is 0.416 e. The topological polar surface area (TPSA) is 97.2 Å². The molecule has 0 saturated carbocycles. The number of hydrogen-bond donors (Lipinski definition) is 2. The van der Waals surface area contributed by atoms with E-state index < -0.39 is 23.3 Å². The Labute approximate surface area is 234 Å². The molecule has 202 valence electrons. The molecule has 0 aliphatic heterocycles. The molecule has 7 nitrogen and oxygen atoms in total. The Balaban J connectivity index is 1.47. The van der Waals surface area contributed by atoms with Gasteiger partial charge in [0.15, 0.2) is 0 Å². The van der Waals surface area contributed by atoms with Crippen molar-refractivity contribution in [1.29, 1.82) is 0 Å². The van der Waals surface area contributed by atoms with Crippen LogP contribution in [0.25, 0.3) is 10.6 Å². The molecule has 3 aromatic heterocycles. The van der Waals surface area contributed by atoms with E-state index in [2.05, 4.69) is 36.2 Å². The fraction of sp³-hybridized carbons (Fsp3) is 0.259. The summed E-state index contributed by atoms with van der Waals surface area (Å²) < 4.78 is 44.8. The molecular formula is C27H22BrF3N4O3S. The first kappa shape index (κ1) is 27.2. The number of pyridine rings is 2. The molecule has 4 aromatic rings. The summed E-state index contributed by atoms with van der Waals surface area (Å²) in [6, 6.07) is 8.73. The summed E-state index contributed by atoms with van der Waals surface area (Å²) in [5, 5.41) is 15.2. The molecule has 0 saturated heterocycles. The van der Waals surface area contributed by atoms with Crippen LogP contribution >= 0.6 is 27.3 Å². The highest BCUT2D eigenvalue weighted by molar-refractivity contribution is 9.10. The summed E-state index contributed by atoms with van der Waals surface area (Å²) in [5.41, 5.74) is 1.09. The van der Waals surface area contributed by atoms with Crippen molar-refractivity contribution in [3.8, 4) is 10.6 Å². The number of aryl methyl sites for hydroxylation is 1. The van der Waals surface area contributed by atoms with Gasteiger partial charge >= 0.3 is 12.1 Å². The van der Waals surface area contributed by atoms with Crippen molar-refractivity contribution in [2.75, 3.05) is 12.4 Å². The third kappa shape index (κ3) is 5.28. The molecule has 3 heterocycles. The predicted molar refractivity (Wildman–Crippen MR) is 144 cm³/mol. The Morgan fingerprint density at radius 2 is 1.97 bits per heavy atom. The molecule has 12 heteroatoms. The Bertz CT molecular complexity index is 1580. The van der Waals surface area contributed by atoms with Crippen LogP contribution < -0.4 is 5.32 Å². The largest absolute Gasteiger partial charge is 0.465 e. The number of thiazole rings is 1. The molecule has 5 rings (SSSR count). The van der Waals surface area contributed by atoms with Crippen LogP contribution in [-0.4, -0.2) is 33.1 Å². The maximum atomic E-state index is 13.1. The fourth-order valence-electron chi connectivity index (χ4n) is 4.65. The number of methoxy groups -OCH3 is 1. The van der Waals surface area contributed by atoms with Crippen molar-refractivity contribution in [1.82, 2.24) is 15.0 Å². The number of benzene rings is 1. The summed E-state index contributed by atoms with van der Waals surface area (Å²) >= 11 is 4.80. The number of esters is 1. The Hall–Kier alpha value is -3.35. The van der Waals surface area contributed by atoms with E-state index in [9.17, 15) is 23.1 Å². The molecular weight excluding hydrogens is 597 g/mol. The number of halogens is 4. The van der Waals surface area contributed by atoms with Crippen LogP contribution in [0.5, 0.6) is 0 Å². The summed E-state index contributed by atoms with van der Waals surface area (Å²) in [5.74, 6) is -0.123. The minimum Gasteiger partial charge on any atom is -0.465 e. The second kappa shape index (κ2) is 10.3. The van der Waals surface area contributed by atoms with Crippen molar-refractivity contribution < 1.29 is 27.8 Å². The molecule has 1 atom stereocenters. The van der Waals surface area contributed by atoms with Crippen LogP contribution in [0.2, 0.25) is 0 Å². The van der Waals surface area contributed by atoms with Gasteiger partial charge in [-0.05, 0) is 89.1 Å². The van der Waals surface area contributed by atoms with Gasteiger partial charge < -0.3 is 15.2 Å². The Kier molecular flexibility index (Phi) is 7.21. The fourth-order valence-corrected chi connectivity index (χ4v) is 6.36. The lowest BCUT2D eigenvalue weighted by Gasteiger charge is -2.33. The van der Waals surface area contributed by atoms with Crippen LogP contribution in [0, 0.1) is 6.92 Å². The van der Waals surface area contributed by atoms with E-state index in [1.165, 1.54) is 18.4 Å². The molecule has 1 aromatic carbocycles. The van der Waals surface area contributed by atoms with Gasteiger partial charge in [-0.25, -0.2) is 19.7 Å². The third-order valence-corrected chi connectivity index (χ3v) is 8.56. The zero-order valence-corrected chi connectivity index (χ0v) is 23.2. The van der Waals surface area contributed by atoms with Gasteiger partial charge in [0.2, 0.25) is 0 Å². The molecule has 0 spiro atoms. The van der Waals surface area contributed by atoms with Crippen molar-refractivity contribution >= 4 is 44.9 Å². The van der Waals surface area contributed by atoms with Gasteiger partial charge in [-0.15, -0.1) is 11.3 Å². The van der Waals surface area contributed by atoms with Crippen molar-refractivity contribution in [3.05, 3.63) is 86.1 Å². The summed E-state index contributed by atoms with van der Waals surface area (Å²) in [6.07, 6.45) is 0.0384. The number of aliphatic hydroxyl groups is 1. The monoisotopic (exact) mass is 618 g/mol. The smallest absolute Gasteiger partial charge is 0.416 e. The van der Waals surface area contributed by atoms with Gasteiger partial charge in [-0.2, -0.15) is 13.2 Å². The first-order chi connectivity index (χ1) is 18.5. The van der Waals surface area contributed by atoms with E-state index in [1.807, 2.05) is 13.0 Å². The first-order valence-electron chi connectivity index (χ1n) is 11.9. The second-order valence-electron chi connectivity index (χ2n) is 9.16. The SMILES string of the molecule is COC(=O)c1ccc2c(c1Br)CCCC2(O)c1ncc(-c2cc(C)cc(Nc3cc(C(F)(F)F)ccn3)n2)s1. The quantitative estimate of drug-likeness (QED) is 0.238. The van der Waals surface area contributed by atoms with Crippen LogP contribution in [0.4, 0.5) is 24.8 Å². The number of fused-ring (bicyclic) bond motifs is 1. The van der Waals surface area contributed by atoms with E-state index in [4.69, 9.17) is 4.74 Å². The van der Waals surface area contributed by atoms with Gasteiger partial charge in [-0.3, -0.25) is 0 Å². The molecule has 1 unspecified atom stereocenters. The molecule has 1 aliphatic rings. The van der Waals surface area contributed by atoms with Crippen LogP contribution in [-0.2, 0) is 22.9 Å². The van der Waals surface area contributed by atoms with E-state index >= 15 is 0 Å². The highest BCUT2D eigenvalue weighted by Crippen LogP contribution is 2.46. The molecule has 0 bridgehead atoms. The van der Waals surface area contributed by atoms with Crippen molar-refractivity contribution in [2.24, 2.45) is 0 Å². The molecule has 2 N–H and O–H groups in total. The van der Waals surface area contributed by atoms with Crippen LogP contribution in [0.3, 0.4) is 0 Å². The molecule has 0 fully saturated rings. The number of hydrogen-bond acceptors (Lipinski definition) is 8. The highest BCUT2D eigenvalue weighted by Gasteiger charge is 2.40. The van der Waals surface area contributed by atoms with E-state index in [0.29, 0.717) is 56.3 Å². The van der Waals surface area contributed by atoms with E-state index in [0.717, 1.165) is 29.5 Å². The number of alkyl halides is 3. The number of carbonyl (C=O) groups is 1. The van der Waals surface area contributed by atoms with Gasteiger partial charge in [-0.1, -0.05) is 6.07 Å². The average Bonchev–Trinajstić information content (AvgIpc) is 3.40. The lowest BCUT2D eigenvalue weighted by atomic mass is 9.79. The lowest BCUT2D eigenvalue weighted by Crippen LogP contribution is -2.32. The Morgan fingerprint density at radius 1 is 1.18 bits per heavy atom. The Morgan fingerprint density at radius 3 is 2.72 bits per heavy atom. The first-order valence-corrected chi connectivity index (χ1v) is 13.5. The van der Waals surface area contributed by atoms with E-state index in [-0.39, 0.29) is 5.82 Å². The second-order valence-corrected chi connectivity index (χ2v) is 11.0. The number of ether oxygens (including phenoxy) is 1. The molecule has 0 amide bonds. The van der Waals surface area contributed by atoms with Crippen LogP contribution in [0.15, 0.2) is 53.3 Å².